The average molecular weight is 381 g/mol. The molecule has 2 aliphatic rings. The fraction of sp³-hybridized carbons (Fsp3) is 0.650. The van der Waals surface area contributed by atoms with Gasteiger partial charge >= 0.3 is 5.97 Å². The first-order chi connectivity index (χ1) is 11.9. The highest BCUT2D eigenvalue weighted by molar-refractivity contribution is 7.85. The van der Waals surface area contributed by atoms with Gasteiger partial charge < -0.3 is 5.11 Å². The highest BCUT2D eigenvalue weighted by Gasteiger charge is 2.55. The number of benzene rings is 1. The van der Waals surface area contributed by atoms with E-state index in [2.05, 4.69) is 6.92 Å². The monoisotopic (exact) mass is 380 g/mol. The van der Waals surface area contributed by atoms with Crippen molar-refractivity contribution in [2.75, 3.05) is 0 Å². The van der Waals surface area contributed by atoms with Crippen LogP contribution in [0.15, 0.2) is 17.0 Å². The molecule has 5 nitrogen and oxygen atoms in total. The molecular formula is C20H28O5S. The molecule has 0 amide bonds. The smallest absolute Gasteiger partial charge is 0.309 e. The van der Waals surface area contributed by atoms with Crippen LogP contribution in [0.2, 0.25) is 0 Å². The maximum Gasteiger partial charge on any atom is 0.309 e. The highest BCUT2D eigenvalue weighted by Crippen LogP contribution is 2.57. The van der Waals surface area contributed by atoms with Crippen molar-refractivity contribution >= 4 is 16.1 Å². The number of aryl methyl sites for hydroxylation is 1. The van der Waals surface area contributed by atoms with Crippen LogP contribution in [0.4, 0.5) is 0 Å². The number of carbonyl (C=O) groups is 1. The third-order valence-electron chi connectivity index (χ3n) is 6.87. The molecule has 3 atom stereocenters. The van der Waals surface area contributed by atoms with Crippen molar-refractivity contribution in [1.82, 2.24) is 0 Å². The molecule has 0 bridgehead atoms. The molecule has 144 valence electrons. The summed E-state index contributed by atoms with van der Waals surface area (Å²) in [5.41, 5.74) is 1.42. The largest absolute Gasteiger partial charge is 0.481 e. The Kier molecular flexibility index (Phi) is 4.51. The van der Waals surface area contributed by atoms with Crippen molar-refractivity contribution in [3.05, 3.63) is 28.8 Å². The summed E-state index contributed by atoms with van der Waals surface area (Å²) in [6, 6.07) is 3.54. The number of fused-ring (bicyclic) bond motifs is 3. The van der Waals surface area contributed by atoms with Gasteiger partial charge in [-0.1, -0.05) is 33.3 Å². The number of carboxylic acids is 1. The SMILES string of the molecule is CC(C)c1cc2c(cc1S(=O)(=O)O)[C@@]1(C)CCC[C@@](C)(C(=O)O)C1CC2. The quantitative estimate of drug-likeness (QED) is 0.769. The molecule has 1 saturated carbocycles. The molecule has 0 saturated heterocycles. The Morgan fingerprint density at radius 3 is 2.42 bits per heavy atom. The van der Waals surface area contributed by atoms with E-state index < -0.39 is 26.9 Å². The zero-order chi connectivity index (χ0) is 19.5. The van der Waals surface area contributed by atoms with E-state index in [-0.39, 0.29) is 16.7 Å². The number of hydrogen-bond donors (Lipinski definition) is 2. The molecule has 0 aromatic heterocycles. The van der Waals surface area contributed by atoms with Crippen LogP contribution in [-0.2, 0) is 26.7 Å². The number of hydrogen-bond acceptors (Lipinski definition) is 3. The summed E-state index contributed by atoms with van der Waals surface area (Å²) in [6.45, 7) is 7.71. The van der Waals surface area contributed by atoms with E-state index in [0.29, 0.717) is 12.0 Å². The first kappa shape index (κ1) is 19.4. The molecule has 1 unspecified atom stereocenters. The Bertz CT molecular complexity index is 857. The van der Waals surface area contributed by atoms with E-state index in [1.54, 1.807) is 6.07 Å². The second-order valence-corrected chi connectivity index (χ2v) is 10.2. The molecule has 0 spiro atoms. The zero-order valence-electron chi connectivity index (χ0n) is 15.9. The summed E-state index contributed by atoms with van der Waals surface area (Å²) in [4.78, 5) is 12.0. The van der Waals surface area contributed by atoms with Crippen LogP contribution >= 0.6 is 0 Å². The summed E-state index contributed by atoms with van der Waals surface area (Å²) in [5.74, 6) is -0.850. The minimum atomic E-state index is -4.34. The Morgan fingerprint density at radius 1 is 1.23 bits per heavy atom. The van der Waals surface area contributed by atoms with Gasteiger partial charge in [0.1, 0.15) is 0 Å². The van der Waals surface area contributed by atoms with Gasteiger partial charge in [-0.3, -0.25) is 9.35 Å². The second kappa shape index (κ2) is 6.06. The predicted molar refractivity (Wildman–Crippen MR) is 99.1 cm³/mol. The fourth-order valence-corrected chi connectivity index (χ4v) is 6.31. The lowest BCUT2D eigenvalue weighted by Gasteiger charge is -2.53. The standard InChI is InChI=1S/C20H28O5S/c1-12(2)14-10-13-6-7-17-19(3,8-5-9-20(17,4)18(21)22)15(13)11-16(14)26(23,24)25/h10-12,17H,5-9H2,1-4H3,(H,21,22)(H,23,24,25)/t17?,19-,20-/m1/s1. The maximum absolute atomic E-state index is 12.0. The highest BCUT2D eigenvalue weighted by atomic mass is 32.2. The molecule has 3 rings (SSSR count). The van der Waals surface area contributed by atoms with Crippen LogP contribution in [0.25, 0.3) is 0 Å². The molecule has 1 aromatic carbocycles. The number of aliphatic carboxylic acids is 1. The first-order valence-corrected chi connectivity index (χ1v) is 10.7. The molecule has 2 N–H and O–H groups in total. The molecule has 0 heterocycles. The maximum atomic E-state index is 12.0. The van der Waals surface area contributed by atoms with Crippen molar-refractivity contribution in [3.63, 3.8) is 0 Å². The summed E-state index contributed by atoms with van der Waals surface area (Å²) in [7, 11) is -4.34. The number of rotatable bonds is 3. The summed E-state index contributed by atoms with van der Waals surface area (Å²) >= 11 is 0. The van der Waals surface area contributed by atoms with Gasteiger partial charge in [0.05, 0.1) is 10.3 Å². The summed E-state index contributed by atoms with van der Waals surface area (Å²) < 4.78 is 33.8. The van der Waals surface area contributed by atoms with E-state index in [4.69, 9.17) is 0 Å². The van der Waals surface area contributed by atoms with E-state index in [1.807, 2.05) is 26.8 Å². The van der Waals surface area contributed by atoms with Crippen molar-refractivity contribution in [2.45, 2.75) is 76.0 Å². The predicted octanol–water partition coefficient (Wildman–Crippen LogP) is 4.15. The normalized spacial score (nSPS) is 31.4. The lowest BCUT2D eigenvalue weighted by Crippen LogP contribution is -2.52. The Balaban J connectivity index is 2.24. The molecule has 6 heteroatoms. The zero-order valence-corrected chi connectivity index (χ0v) is 16.7. The first-order valence-electron chi connectivity index (χ1n) is 9.29. The minimum absolute atomic E-state index is 0.0293. The van der Waals surface area contributed by atoms with Crippen molar-refractivity contribution in [2.24, 2.45) is 11.3 Å². The van der Waals surface area contributed by atoms with Gasteiger partial charge in [0.2, 0.25) is 0 Å². The summed E-state index contributed by atoms with van der Waals surface area (Å²) in [6.07, 6.45) is 3.80. The van der Waals surface area contributed by atoms with Crippen molar-refractivity contribution < 1.29 is 22.9 Å². The Labute approximate surface area is 155 Å². The van der Waals surface area contributed by atoms with Crippen LogP contribution in [0.1, 0.15) is 76.0 Å². The van der Waals surface area contributed by atoms with Gasteiger partial charge in [0, 0.05) is 0 Å². The van der Waals surface area contributed by atoms with Gasteiger partial charge in [0.25, 0.3) is 10.1 Å². The van der Waals surface area contributed by atoms with E-state index in [9.17, 15) is 22.9 Å². The van der Waals surface area contributed by atoms with E-state index in [1.165, 1.54) is 0 Å². The topological polar surface area (TPSA) is 91.7 Å². The molecule has 0 aliphatic heterocycles. The fourth-order valence-electron chi connectivity index (χ4n) is 5.45. The number of carboxylic acid groups (broad SMARTS) is 1. The van der Waals surface area contributed by atoms with Crippen LogP contribution in [0.3, 0.4) is 0 Å². The second-order valence-electron chi connectivity index (χ2n) is 8.76. The van der Waals surface area contributed by atoms with E-state index >= 15 is 0 Å². The van der Waals surface area contributed by atoms with Crippen LogP contribution < -0.4 is 0 Å². The average Bonchev–Trinajstić information content (AvgIpc) is 2.52. The van der Waals surface area contributed by atoms with Crippen molar-refractivity contribution in [3.8, 4) is 0 Å². The molecule has 0 radical (unpaired) electrons. The molecule has 26 heavy (non-hydrogen) atoms. The van der Waals surface area contributed by atoms with E-state index in [0.717, 1.165) is 36.8 Å². The third-order valence-corrected chi connectivity index (χ3v) is 7.78. The van der Waals surface area contributed by atoms with Crippen LogP contribution in [0.5, 0.6) is 0 Å². The van der Waals surface area contributed by atoms with Gasteiger partial charge in [-0.2, -0.15) is 8.42 Å². The van der Waals surface area contributed by atoms with Crippen LogP contribution in [0, 0.1) is 11.3 Å². The van der Waals surface area contributed by atoms with Crippen molar-refractivity contribution in [1.29, 1.82) is 0 Å². The van der Waals surface area contributed by atoms with Gasteiger partial charge in [0.15, 0.2) is 0 Å². The molecular weight excluding hydrogens is 352 g/mol. The van der Waals surface area contributed by atoms with Crippen LogP contribution in [-0.4, -0.2) is 24.0 Å². The molecule has 1 fully saturated rings. The van der Waals surface area contributed by atoms with Gasteiger partial charge in [-0.05, 0) is 72.6 Å². The lowest BCUT2D eigenvalue weighted by atomic mass is 9.50. The molecule has 1 aromatic rings. The van der Waals surface area contributed by atoms with Gasteiger partial charge in [-0.25, -0.2) is 0 Å². The lowest BCUT2D eigenvalue weighted by molar-refractivity contribution is -0.157. The molecule has 2 aliphatic carbocycles. The third kappa shape index (κ3) is 2.78. The van der Waals surface area contributed by atoms with Gasteiger partial charge in [-0.15, -0.1) is 0 Å². The summed E-state index contributed by atoms with van der Waals surface area (Å²) in [5, 5.41) is 9.86. The minimum Gasteiger partial charge on any atom is -0.481 e. The Morgan fingerprint density at radius 2 is 1.88 bits per heavy atom. The Hall–Kier alpha value is -1.40.